The highest BCUT2D eigenvalue weighted by molar-refractivity contribution is 5.80. The molecule has 2 aromatic rings. The van der Waals surface area contributed by atoms with E-state index in [0.29, 0.717) is 0 Å². The Bertz CT molecular complexity index is 737. The maximum absolute atomic E-state index is 5.41. The first-order valence-electron chi connectivity index (χ1n) is 9.40. The molecule has 1 fully saturated rings. The molecule has 0 atom stereocenters. The summed E-state index contributed by atoms with van der Waals surface area (Å²) in [5.74, 6) is 1.91. The Labute approximate surface area is 161 Å². The van der Waals surface area contributed by atoms with Crippen LogP contribution in [-0.2, 0) is 13.0 Å². The van der Waals surface area contributed by atoms with E-state index in [1.54, 1.807) is 13.4 Å². The van der Waals surface area contributed by atoms with Gasteiger partial charge in [-0.2, -0.15) is 0 Å². The number of aromatic nitrogens is 1. The average molecular weight is 371 g/mol. The molecule has 1 aliphatic heterocycles. The molecule has 146 valence electrons. The molecule has 1 aromatic heterocycles. The van der Waals surface area contributed by atoms with Gasteiger partial charge in [0.1, 0.15) is 12.0 Å². The Balaban J connectivity index is 1.44. The summed E-state index contributed by atoms with van der Waals surface area (Å²) in [6.45, 7) is 7.63. The van der Waals surface area contributed by atoms with Crippen molar-refractivity contribution >= 4 is 5.96 Å². The molecule has 1 aliphatic rings. The third-order valence-electron chi connectivity index (χ3n) is 4.93. The number of nitrogens with one attached hydrogen (secondary N) is 1. The van der Waals surface area contributed by atoms with Crippen molar-refractivity contribution in [1.82, 2.24) is 20.3 Å². The Morgan fingerprint density at radius 1 is 1.26 bits per heavy atom. The van der Waals surface area contributed by atoms with E-state index in [9.17, 15) is 0 Å². The number of piperazine rings is 1. The second-order valence-corrected chi connectivity index (χ2v) is 6.78. The number of ether oxygens (including phenoxy) is 1. The number of nitrogens with zero attached hydrogens (tertiary/aromatic N) is 4. The molecule has 0 saturated carbocycles. The lowest BCUT2D eigenvalue weighted by atomic mass is 10.1. The van der Waals surface area contributed by atoms with Crippen LogP contribution < -0.4 is 10.1 Å². The number of hydrogen-bond acceptors (Lipinski definition) is 5. The number of hydrogen-bond donors (Lipinski definition) is 1. The summed E-state index contributed by atoms with van der Waals surface area (Å²) in [6, 6.07) is 8.30. The molecule has 0 amide bonds. The molecule has 1 saturated heterocycles. The van der Waals surface area contributed by atoms with E-state index in [1.807, 2.05) is 13.1 Å². The molecule has 0 bridgehead atoms. The van der Waals surface area contributed by atoms with E-state index >= 15 is 0 Å². The molecule has 1 aromatic carbocycles. The number of rotatable bonds is 6. The van der Waals surface area contributed by atoms with Gasteiger partial charge in [-0.05, 0) is 30.5 Å². The van der Waals surface area contributed by atoms with Crippen molar-refractivity contribution in [2.75, 3.05) is 46.9 Å². The Kier molecular flexibility index (Phi) is 6.70. The van der Waals surface area contributed by atoms with Crippen LogP contribution in [0.3, 0.4) is 0 Å². The highest BCUT2D eigenvalue weighted by atomic mass is 16.5. The second-order valence-electron chi connectivity index (χ2n) is 6.78. The topological polar surface area (TPSA) is 66.1 Å². The normalized spacial score (nSPS) is 15.8. The third-order valence-corrected chi connectivity index (χ3v) is 4.93. The summed E-state index contributed by atoms with van der Waals surface area (Å²) in [4.78, 5) is 9.16. The maximum Gasteiger partial charge on any atom is 0.193 e. The van der Waals surface area contributed by atoms with Crippen LogP contribution in [-0.4, -0.2) is 67.8 Å². The van der Waals surface area contributed by atoms with Crippen molar-refractivity contribution in [3.05, 3.63) is 47.3 Å². The number of methoxy groups -OCH3 is 1. The molecule has 0 spiro atoms. The van der Waals surface area contributed by atoms with E-state index in [1.165, 1.54) is 5.56 Å². The highest BCUT2D eigenvalue weighted by Gasteiger charge is 2.20. The third kappa shape index (κ3) is 5.23. The molecule has 7 nitrogen and oxygen atoms in total. The van der Waals surface area contributed by atoms with Gasteiger partial charge < -0.3 is 19.5 Å². The van der Waals surface area contributed by atoms with Crippen LogP contribution in [0.4, 0.5) is 0 Å². The van der Waals surface area contributed by atoms with Gasteiger partial charge in [-0.25, -0.2) is 0 Å². The number of aliphatic imine (C=N–C) groups is 1. The predicted molar refractivity (Wildman–Crippen MR) is 106 cm³/mol. The number of aryl methyl sites for hydroxylation is 1. The minimum absolute atomic E-state index is 0.839. The standard InChI is InChI=1S/C20H29N5O2/c1-16-4-5-17(14-19(16)26-3)6-8-22-20(21-2)25-11-9-24(10-12-25)15-18-7-13-27-23-18/h4-5,7,13-14H,6,8-12,15H2,1-3H3,(H,21,22). The van der Waals surface area contributed by atoms with Crippen molar-refractivity contribution in [2.24, 2.45) is 4.99 Å². The van der Waals surface area contributed by atoms with Crippen LogP contribution in [0, 0.1) is 6.92 Å². The fraction of sp³-hybridized carbons (Fsp3) is 0.500. The van der Waals surface area contributed by atoms with E-state index < -0.39 is 0 Å². The van der Waals surface area contributed by atoms with Crippen molar-refractivity contribution in [3.8, 4) is 5.75 Å². The number of benzene rings is 1. The fourth-order valence-electron chi connectivity index (χ4n) is 3.34. The van der Waals surface area contributed by atoms with Crippen LogP contribution in [0.2, 0.25) is 0 Å². The van der Waals surface area contributed by atoms with Crippen molar-refractivity contribution in [2.45, 2.75) is 19.9 Å². The first-order valence-corrected chi connectivity index (χ1v) is 9.40. The summed E-state index contributed by atoms with van der Waals surface area (Å²) in [5.41, 5.74) is 3.41. The smallest absolute Gasteiger partial charge is 0.193 e. The lowest BCUT2D eigenvalue weighted by molar-refractivity contribution is 0.169. The Hall–Kier alpha value is -2.54. The van der Waals surface area contributed by atoms with Gasteiger partial charge in [0, 0.05) is 52.4 Å². The van der Waals surface area contributed by atoms with Gasteiger partial charge in [0.2, 0.25) is 0 Å². The molecular weight excluding hydrogens is 342 g/mol. The minimum atomic E-state index is 0.839. The average Bonchev–Trinajstić information content (AvgIpc) is 3.20. The largest absolute Gasteiger partial charge is 0.496 e. The van der Waals surface area contributed by atoms with Gasteiger partial charge in [0.25, 0.3) is 0 Å². The zero-order valence-electron chi connectivity index (χ0n) is 16.4. The van der Waals surface area contributed by atoms with Gasteiger partial charge >= 0.3 is 0 Å². The van der Waals surface area contributed by atoms with Gasteiger partial charge in [-0.1, -0.05) is 17.3 Å². The van der Waals surface area contributed by atoms with Gasteiger partial charge in [-0.3, -0.25) is 9.89 Å². The SMILES string of the molecule is CN=C(NCCc1ccc(C)c(OC)c1)N1CCN(Cc2ccon2)CC1. The summed E-state index contributed by atoms with van der Waals surface area (Å²) in [6.07, 6.45) is 2.56. The van der Waals surface area contributed by atoms with Crippen LogP contribution >= 0.6 is 0 Å². The lowest BCUT2D eigenvalue weighted by Gasteiger charge is -2.36. The Morgan fingerprint density at radius 3 is 2.74 bits per heavy atom. The monoisotopic (exact) mass is 371 g/mol. The quantitative estimate of drug-likeness (QED) is 0.618. The molecule has 27 heavy (non-hydrogen) atoms. The van der Waals surface area contributed by atoms with E-state index in [4.69, 9.17) is 9.26 Å². The second kappa shape index (κ2) is 9.41. The summed E-state index contributed by atoms with van der Waals surface area (Å²) >= 11 is 0. The minimum Gasteiger partial charge on any atom is -0.496 e. The molecule has 7 heteroatoms. The Morgan fingerprint density at radius 2 is 2.07 bits per heavy atom. The molecule has 0 radical (unpaired) electrons. The maximum atomic E-state index is 5.41. The molecule has 0 unspecified atom stereocenters. The summed E-state index contributed by atoms with van der Waals surface area (Å²) in [7, 11) is 3.56. The zero-order chi connectivity index (χ0) is 19.1. The van der Waals surface area contributed by atoms with Crippen molar-refractivity contribution in [1.29, 1.82) is 0 Å². The molecule has 1 N–H and O–H groups in total. The number of guanidine groups is 1. The van der Waals surface area contributed by atoms with Crippen LogP contribution in [0.25, 0.3) is 0 Å². The molecule has 3 rings (SSSR count). The molecule has 0 aliphatic carbocycles. The van der Waals surface area contributed by atoms with Gasteiger partial charge in [0.15, 0.2) is 5.96 Å². The first-order chi connectivity index (χ1) is 13.2. The lowest BCUT2D eigenvalue weighted by Crippen LogP contribution is -2.52. The molecule has 2 heterocycles. The summed E-state index contributed by atoms with van der Waals surface area (Å²) < 4.78 is 10.3. The molecular formula is C20H29N5O2. The zero-order valence-corrected chi connectivity index (χ0v) is 16.4. The van der Waals surface area contributed by atoms with Gasteiger partial charge in [0.05, 0.1) is 12.8 Å². The van der Waals surface area contributed by atoms with E-state index in [2.05, 4.69) is 50.4 Å². The van der Waals surface area contributed by atoms with Gasteiger partial charge in [-0.15, -0.1) is 0 Å². The van der Waals surface area contributed by atoms with E-state index in [-0.39, 0.29) is 0 Å². The fourth-order valence-corrected chi connectivity index (χ4v) is 3.34. The van der Waals surface area contributed by atoms with E-state index in [0.717, 1.165) is 68.7 Å². The summed E-state index contributed by atoms with van der Waals surface area (Å²) in [5, 5.41) is 7.48. The predicted octanol–water partition coefficient (Wildman–Crippen LogP) is 1.93. The highest BCUT2D eigenvalue weighted by Crippen LogP contribution is 2.19. The van der Waals surface area contributed by atoms with Crippen molar-refractivity contribution < 1.29 is 9.26 Å². The van der Waals surface area contributed by atoms with Crippen LogP contribution in [0.5, 0.6) is 5.75 Å². The van der Waals surface area contributed by atoms with Crippen molar-refractivity contribution in [3.63, 3.8) is 0 Å². The first kappa shape index (κ1) is 19.2. The van der Waals surface area contributed by atoms with Crippen LogP contribution in [0.15, 0.2) is 40.0 Å². The van der Waals surface area contributed by atoms with Crippen LogP contribution in [0.1, 0.15) is 16.8 Å².